The molecule has 0 aliphatic heterocycles. The minimum atomic E-state index is -1.24. The fraction of sp³-hybridized carbons (Fsp3) is 0.500. The molecule has 2 unspecified atom stereocenters. The summed E-state index contributed by atoms with van der Waals surface area (Å²) in [5.41, 5.74) is 0.0536. The maximum atomic E-state index is 11.5. The van der Waals surface area contributed by atoms with Crippen LogP contribution in [0.2, 0.25) is 0 Å². The Labute approximate surface area is 135 Å². The van der Waals surface area contributed by atoms with E-state index in [9.17, 15) is 15.0 Å². The third-order valence-electron chi connectivity index (χ3n) is 2.91. The first-order valence-corrected chi connectivity index (χ1v) is 7.09. The van der Waals surface area contributed by atoms with E-state index in [0.717, 1.165) is 0 Å². The van der Waals surface area contributed by atoms with Gasteiger partial charge in [-0.3, -0.25) is 0 Å². The maximum absolute atomic E-state index is 11.5. The summed E-state index contributed by atoms with van der Waals surface area (Å²) in [5.74, 6) is 0.302. The molecular weight excluding hydrogens is 300 g/mol. The Bertz CT molecular complexity index is 589. The normalized spacial score (nSPS) is 13.6. The van der Waals surface area contributed by atoms with Crippen LogP contribution in [0.3, 0.4) is 0 Å². The molecule has 2 atom stereocenters. The van der Waals surface area contributed by atoms with Crippen LogP contribution in [0.15, 0.2) is 18.2 Å². The Morgan fingerprint density at radius 3 is 2.57 bits per heavy atom. The van der Waals surface area contributed by atoms with Gasteiger partial charge in [0.1, 0.15) is 29.6 Å². The van der Waals surface area contributed by atoms with E-state index in [1.54, 1.807) is 20.8 Å². The molecule has 1 rings (SSSR count). The van der Waals surface area contributed by atoms with E-state index < -0.39 is 23.9 Å². The zero-order chi connectivity index (χ0) is 17.6. The van der Waals surface area contributed by atoms with Gasteiger partial charge in [-0.25, -0.2) is 4.79 Å². The lowest BCUT2D eigenvalue weighted by atomic mass is 10.0. The molecule has 0 saturated heterocycles. The summed E-state index contributed by atoms with van der Waals surface area (Å²) in [4.78, 5) is 11.5. The minimum Gasteiger partial charge on any atom is -0.495 e. The molecule has 0 aliphatic carbocycles. The fourth-order valence-electron chi connectivity index (χ4n) is 1.82. The monoisotopic (exact) mass is 322 g/mol. The SMILES string of the molecule is COc1cc(C(O)C(O)CNC(=O)OC(C)(C)C)ccc1C#N. The van der Waals surface area contributed by atoms with E-state index in [1.807, 2.05) is 6.07 Å². The van der Waals surface area contributed by atoms with E-state index >= 15 is 0 Å². The molecule has 1 aromatic rings. The standard InChI is InChI=1S/C16H22N2O5/c1-16(2,3)23-15(21)18-9-12(19)14(20)10-5-6-11(8-17)13(7-10)22-4/h5-7,12,14,19-20H,9H2,1-4H3,(H,18,21). The Balaban J connectivity index is 2.68. The first-order valence-electron chi connectivity index (χ1n) is 7.09. The van der Waals surface area contributed by atoms with Crippen LogP contribution in [0.25, 0.3) is 0 Å². The first-order chi connectivity index (χ1) is 10.7. The fourth-order valence-corrected chi connectivity index (χ4v) is 1.82. The average Bonchev–Trinajstić information content (AvgIpc) is 2.49. The van der Waals surface area contributed by atoms with Crippen molar-refractivity contribution in [3.63, 3.8) is 0 Å². The molecule has 0 fully saturated rings. The number of carbonyl (C=O) groups excluding carboxylic acids is 1. The number of alkyl carbamates (subject to hydrolysis) is 1. The highest BCUT2D eigenvalue weighted by molar-refractivity contribution is 5.67. The third kappa shape index (κ3) is 5.77. The molecule has 1 amide bonds. The summed E-state index contributed by atoms with van der Waals surface area (Å²) in [6.45, 7) is 4.99. The van der Waals surface area contributed by atoms with Gasteiger partial charge in [-0.15, -0.1) is 0 Å². The van der Waals surface area contributed by atoms with Crippen LogP contribution in [-0.2, 0) is 4.74 Å². The highest BCUT2D eigenvalue weighted by Crippen LogP contribution is 2.25. The molecule has 0 bridgehead atoms. The molecule has 0 aromatic heterocycles. The number of amides is 1. The lowest BCUT2D eigenvalue weighted by Gasteiger charge is -2.22. The Morgan fingerprint density at radius 1 is 1.39 bits per heavy atom. The number of aliphatic hydroxyl groups excluding tert-OH is 2. The molecule has 3 N–H and O–H groups in total. The van der Waals surface area contributed by atoms with E-state index in [4.69, 9.17) is 14.7 Å². The minimum absolute atomic E-state index is 0.182. The molecule has 0 spiro atoms. The van der Waals surface area contributed by atoms with Crippen LogP contribution in [0, 0.1) is 11.3 Å². The average molecular weight is 322 g/mol. The van der Waals surface area contributed by atoms with Crippen LogP contribution in [0.5, 0.6) is 5.75 Å². The number of nitrogens with one attached hydrogen (secondary N) is 1. The second-order valence-electron chi connectivity index (χ2n) is 5.97. The van der Waals surface area contributed by atoms with Gasteiger partial charge < -0.3 is 25.0 Å². The molecular formula is C16H22N2O5. The quantitative estimate of drug-likeness (QED) is 0.757. The van der Waals surface area contributed by atoms with Crippen molar-refractivity contribution in [1.82, 2.24) is 5.32 Å². The van der Waals surface area contributed by atoms with Crippen molar-refractivity contribution in [1.29, 1.82) is 5.26 Å². The van der Waals surface area contributed by atoms with E-state index in [-0.39, 0.29) is 6.54 Å². The number of hydrogen-bond acceptors (Lipinski definition) is 6. The second-order valence-corrected chi connectivity index (χ2v) is 5.97. The number of benzene rings is 1. The van der Waals surface area contributed by atoms with E-state index in [2.05, 4.69) is 5.32 Å². The Kier molecular flexibility index (Phi) is 6.37. The lowest BCUT2D eigenvalue weighted by molar-refractivity contribution is 0.0128. The van der Waals surface area contributed by atoms with Crippen molar-refractivity contribution in [2.45, 2.75) is 38.6 Å². The van der Waals surface area contributed by atoms with Gasteiger partial charge in [-0.05, 0) is 38.5 Å². The number of hydrogen-bond donors (Lipinski definition) is 3. The molecule has 23 heavy (non-hydrogen) atoms. The summed E-state index contributed by atoms with van der Waals surface area (Å²) in [7, 11) is 1.41. The zero-order valence-corrected chi connectivity index (χ0v) is 13.7. The first kappa shape index (κ1) is 18.7. The van der Waals surface area contributed by atoms with Gasteiger partial charge in [0.15, 0.2) is 0 Å². The molecule has 0 saturated carbocycles. The summed E-state index contributed by atoms with van der Waals surface area (Å²) < 4.78 is 10.1. The van der Waals surface area contributed by atoms with Crippen molar-refractivity contribution in [2.75, 3.05) is 13.7 Å². The largest absolute Gasteiger partial charge is 0.495 e. The number of carbonyl (C=O) groups is 1. The maximum Gasteiger partial charge on any atom is 0.407 e. The number of methoxy groups -OCH3 is 1. The van der Waals surface area contributed by atoms with Gasteiger partial charge in [-0.1, -0.05) is 6.07 Å². The van der Waals surface area contributed by atoms with Crippen molar-refractivity contribution in [2.24, 2.45) is 0 Å². The molecule has 0 radical (unpaired) electrons. The third-order valence-corrected chi connectivity index (χ3v) is 2.91. The molecule has 1 aromatic carbocycles. The Morgan fingerprint density at radius 2 is 2.04 bits per heavy atom. The lowest BCUT2D eigenvalue weighted by Crippen LogP contribution is -2.38. The predicted molar refractivity (Wildman–Crippen MR) is 82.9 cm³/mol. The smallest absolute Gasteiger partial charge is 0.407 e. The van der Waals surface area contributed by atoms with Crippen molar-refractivity contribution in [3.05, 3.63) is 29.3 Å². The van der Waals surface area contributed by atoms with Gasteiger partial charge in [0.25, 0.3) is 0 Å². The summed E-state index contributed by atoms with van der Waals surface area (Å²) in [5, 5.41) is 31.4. The van der Waals surface area contributed by atoms with Crippen LogP contribution in [0.4, 0.5) is 4.79 Å². The summed E-state index contributed by atoms with van der Waals surface area (Å²) in [6, 6.07) is 6.44. The second kappa shape index (κ2) is 7.81. The van der Waals surface area contributed by atoms with Crippen molar-refractivity contribution in [3.8, 4) is 11.8 Å². The number of ether oxygens (including phenoxy) is 2. The number of rotatable bonds is 5. The van der Waals surface area contributed by atoms with Crippen molar-refractivity contribution < 1.29 is 24.5 Å². The molecule has 126 valence electrons. The van der Waals surface area contributed by atoms with Gasteiger partial charge in [-0.2, -0.15) is 5.26 Å². The number of nitrogens with zero attached hydrogens (tertiary/aromatic N) is 1. The summed E-state index contributed by atoms with van der Waals surface area (Å²) >= 11 is 0. The number of aliphatic hydroxyl groups is 2. The van der Waals surface area contributed by atoms with Gasteiger partial charge in [0.05, 0.1) is 12.7 Å². The van der Waals surface area contributed by atoms with Gasteiger partial charge in [0, 0.05) is 6.54 Å². The van der Waals surface area contributed by atoms with E-state index in [0.29, 0.717) is 16.9 Å². The molecule has 0 aliphatic rings. The van der Waals surface area contributed by atoms with Crippen LogP contribution in [0.1, 0.15) is 38.0 Å². The number of nitriles is 1. The predicted octanol–water partition coefficient (Wildman–Crippen LogP) is 1.49. The van der Waals surface area contributed by atoms with Crippen LogP contribution in [-0.4, -0.2) is 41.7 Å². The highest BCUT2D eigenvalue weighted by Gasteiger charge is 2.22. The van der Waals surface area contributed by atoms with Crippen molar-refractivity contribution >= 4 is 6.09 Å². The molecule has 7 heteroatoms. The summed E-state index contributed by atoms with van der Waals surface area (Å²) in [6.07, 6.45) is -3.16. The van der Waals surface area contributed by atoms with Gasteiger partial charge in [0.2, 0.25) is 0 Å². The molecule has 0 heterocycles. The zero-order valence-electron chi connectivity index (χ0n) is 13.7. The molecule has 7 nitrogen and oxygen atoms in total. The van der Waals surface area contributed by atoms with Crippen LogP contribution < -0.4 is 10.1 Å². The van der Waals surface area contributed by atoms with Crippen LogP contribution >= 0.6 is 0 Å². The van der Waals surface area contributed by atoms with Gasteiger partial charge >= 0.3 is 6.09 Å². The Hall–Kier alpha value is -2.30. The van der Waals surface area contributed by atoms with E-state index in [1.165, 1.54) is 25.3 Å². The highest BCUT2D eigenvalue weighted by atomic mass is 16.6. The topological polar surface area (TPSA) is 112 Å².